The van der Waals surface area contributed by atoms with Crippen LogP contribution in [0.3, 0.4) is 0 Å². The van der Waals surface area contributed by atoms with Crippen molar-refractivity contribution < 1.29 is 8.42 Å². The van der Waals surface area contributed by atoms with Gasteiger partial charge in [0.05, 0.1) is 4.90 Å². The summed E-state index contributed by atoms with van der Waals surface area (Å²) in [5.74, 6) is 0. The first kappa shape index (κ1) is 18.2. The van der Waals surface area contributed by atoms with E-state index in [0.717, 1.165) is 25.8 Å². The van der Waals surface area contributed by atoms with Gasteiger partial charge in [-0.2, -0.15) is 0 Å². The first-order chi connectivity index (χ1) is 10.9. The fraction of sp³-hybridized carbons (Fsp3) is 0.562. The smallest absolute Gasteiger partial charge is 0.242 e. The van der Waals surface area contributed by atoms with Gasteiger partial charge in [0.25, 0.3) is 0 Å². The molecule has 0 aliphatic carbocycles. The largest absolute Gasteiger partial charge is 0.346 e. The SMILES string of the molecule is CC[C@H]1CCCCN1C(=S)Nc1cccc(S(=O)(=O)N(C)C)c1. The van der Waals surface area contributed by atoms with Crippen LogP contribution in [0.5, 0.6) is 0 Å². The Kier molecular flexibility index (Phi) is 6.00. The number of thiocarbonyl (C=S) groups is 1. The monoisotopic (exact) mass is 355 g/mol. The molecule has 1 aromatic rings. The van der Waals surface area contributed by atoms with Crippen LogP contribution in [0.1, 0.15) is 32.6 Å². The maximum Gasteiger partial charge on any atom is 0.242 e. The first-order valence-electron chi connectivity index (χ1n) is 7.96. The van der Waals surface area contributed by atoms with E-state index in [4.69, 9.17) is 12.2 Å². The van der Waals surface area contributed by atoms with E-state index >= 15 is 0 Å². The zero-order chi connectivity index (χ0) is 17.0. The summed E-state index contributed by atoms with van der Waals surface area (Å²) in [6.45, 7) is 3.13. The Morgan fingerprint density at radius 1 is 1.39 bits per heavy atom. The number of rotatable bonds is 4. The number of nitrogens with zero attached hydrogens (tertiary/aromatic N) is 2. The fourth-order valence-corrected chi connectivity index (χ4v) is 4.14. The summed E-state index contributed by atoms with van der Waals surface area (Å²) >= 11 is 5.54. The summed E-state index contributed by atoms with van der Waals surface area (Å²) in [5.41, 5.74) is 0.707. The van der Waals surface area contributed by atoms with E-state index in [1.54, 1.807) is 18.2 Å². The molecule has 1 aromatic carbocycles. The van der Waals surface area contributed by atoms with Gasteiger partial charge >= 0.3 is 0 Å². The Bertz CT molecular complexity index is 659. The van der Waals surface area contributed by atoms with E-state index in [1.165, 1.54) is 24.8 Å². The van der Waals surface area contributed by atoms with Crippen molar-refractivity contribution in [1.29, 1.82) is 0 Å². The maximum absolute atomic E-state index is 12.2. The molecule has 1 aliphatic heterocycles. The van der Waals surface area contributed by atoms with Gasteiger partial charge in [-0.05, 0) is 56.1 Å². The number of piperidine rings is 1. The average molecular weight is 356 g/mol. The number of nitrogens with one attached hydrogen (secondary N) is 1. The van der Waals surface area contributed by atoms with Crippen molar-refractivity contribution in [2.45, 2.75) is 43.5 Å². The predicted octanol–water partition coefficient (Wildman–Crippen LogP) is 2.90. The van der Waals surface area contributed by atoms with Gasteiger partial charge in [-0.15, -0.1) is 0 Å². The lowest BCUT2D eigenvalue weighted by Gasteiger charge is -2.37. The normalized spacial score (nSPS) is 19.0. The Hall–Kier alpha value is -1.18. The lowest BCUT2D eigenvalue weighted by molar-refractivity contribution is 0.239. The number of sulfonamides is 1. The summed E-state index contributed by atoms with van der Waals surface area (Å²) in [5, 5.41) is 3.88. The van der Waals surface area contributed by atoms with Crippen LogP contribution in [0.2, 0.25) is 0 Å². The lowest BCUT2D eigenvalue weighted by atomic mass is 10.0. The van der Waals surface area contributed by atoms with Crippen molar-refractivity contribution >= 4 is 33.0 Å². The highest BCUT2D eigenvalue weighted by atomic mass is 32.2. The number of anilines is 1. The molecular formula is C16H25N3O2S2. The van der Waals surface area contributed by atoms with Gasteiger partial charge in [0.1, 0.15) is 0 Å². The molecule has 0 saturated carbocycles. The van der Waals surface area contributed by atoms with Crippen LogP contribution in [0.25, 0.3) is 0 Å². The second-order valence-corrected chi connectivity index (χ2v) is 8.54. The molecule has 1 aliphatic rings. The van der Waals surface area contributed by atoms with Crippen LogP contribution in [-0.4, -0.2) is 49.4 Å². The van der Waals surface area contributed by atoms with E-state index in [1.807, 2.05) is 6.07 Å². The predicted molar refractivity (Wildman–Crippen MR) is 98.2 cm³/mol. The van der Waals surface area contributed by atoms with Crippen LogP contribution in [0.15, 0.2) is 29.2 Å². The van der Waals surface area contributed by atoms with Crippen molar-refractivity contribution in [2.75, 3.05) is 26.0 Å². The van der Waals surface area contributed by atoms with Crippen LogP contribution in [-0.2, 0) is 10.0 Å². The molecule has 0 radical (unpaired) electrons. The molecule has 0 aromatic heterocycles. The van der Waals surface area contributed by atoms with E-state index in [-0.39, 0.29) is 4.90 Å². The van der Waals surface area contributed by atoms with Gasteiger partial charge in [-0.1, -0.05) is 13.0 Å². The fourth-order valence-electron chi connectivity index (χ4n) is 2.83. The highest BCUT2D eigenvalue weighted by Crippen LogP contribution is 2.22. The number of benzene rings is 1. The molecule has 23 heavy (non-hydrogen) atoms. The highest BCUT2D eigenvalue weighted by Gasteiger charge is 2.23. The Labute approximate surface area is 144 Å². The minimum atomic E-state index is -3.44. The Balaban J connectivity index is 2.16. The average Bonchev–Trinajstić information content (AvgIpc) is 2.54. The van der Waals surface area contributed by atoms with Gasteiger partial charge in [-0.3, -0.25) is 0 Å². The topological polar surface area (TPSA) is 52.7 Å². The maximum atomic E-state index is 12.2. The van der Waals surface area contributed by atoms with Gasteiger partial charge in [-0.25, -0.2) is 12.7 Å². The summed E-state index contributed by atoms with van der Waals surface area (Å²) in [7, 11) is -0.384. The minimum absolute atomic E-state index is 0.265. The molecule has 1 N–H and O–H groups in total. The molecule has 1 saturated heterocycles. The molecule has 0 bridgehead atoms. The van der Waals surface area contributed by atoms with Crippen molar-refractivity contribution in [1.82, 2.24) is 9.21 Å². The van der Waals surface area contributed by atoms with Gasteiger partial charge in [0, 0.05) is 32.4 Å². The number of likely N-dealkylation sites (tertiary alicyclic amines) is 1. The summed E-state index contributed by atoms with van der Waals surface area (Å²) in [4.78, 5) is 2.49. The zero-order valence-corrected chi connectivity index (χ0v) is 15.6. The second kappa shape index (κ2) is 7.59. The number of hydrogen-bond donors (Lipinski definition) is 1. The Morgan fingerprint density at radius 3 is 2.78 bits per heavy atom. The van der Waals surface area contributed by atoms with E-state index in [0.29, 0.717) is 16.8 Å². The van der Waals surface area contributed by atoms with Gasteiger partial charge < -0.3 is 10.2 Å². The molecule has 0 amide bonds. The molecule has 7 heteroatoms. The van der Waals surface area contributed by atoms with E-state index in [2.05, 4.69) is 17.1 Å². The molecule has 1 fully saturated rings. The third-order valence-electron chi connectivity index (χ3n) is 4.22. The quantitative estimate of drug-likeness (QED) is 0.842. The third kappa shape index (κ3) is 4.22. The van der Waals surface area contributed by atoms with Gasteiger partial charge in [0.2, 0.25) is 10.0 Å². The number of hydrogen-bond acceptors (Lipinski definition) is 3. The van der Waals surface area contributed by atoms with Crippen LogP contribution >= 0.6 is 12.2 Å². The molecule has 0 spiro atoms. The highest BCUT2D eigenvalue weighted by molar-refractivity contribution is 7.89. The standard InChI is InChI=1S/C16H25N3O2S2/c1-4-14-9-5-6-11-19(14)16(22)17-13-8-7-10-15(12-13)23(20,21)18(2)3/h7-8,10,12,14H,4-6,9,11H2,1-3H3,(H,17,22)/t14-/m0/s1. The van der Waals surface area contributed by atoms with Crippen LogP contribution < -0.4 is 5.32 Å². The van der Waals surface area contributed by atoms with Crippen molar-refractivity contribution in [3.8, 4) is 0 Å². The summed E-state index contributed by atoms with van der Waals surface area (Å²) in [6, 6.07) is 7.27. The van der Waals surface area contributed by atoms with Crippen molar-refractivity contribution in [3.05, 3.63) is 24.3 Å². The minimum Gasteiger partial charge on any atom is -0.346 e. The Morgan fingerprint density at radius 2 is 2.13 bits per heavy atom. The zero-order valence-electron chi connectivity index (χ0n) is 13.9. The molecule has 5 nitrogen and oxygen atoms in total. The summed E-state index contributed by atoms with van der Waals surface area (Å²) < 4.78 is 25.7. The van der Waals surface area contributed by atoms with Crippen LogP contribution in [0, 0.1) is 0 Å². The van der Waals surface area contributed by atoms with Gasteiger partial charge in [0.15, 0.2) is 5.11 Å². The summed E-state index contributed by atoms with van der Waals surface area (Å²) in [6.07, 6.45) is 4.62. The van der Waals surface area contributed by atoms with E-state index < -0.39 is 10.0 Å². The molecule has 1 atom stereocenters. The second-order valence-electron chi connectivity index (χ2n) is 6.00. The molecule has 0 unspecified atom stereocenters. The van der Waals surface area contributed by atoms with E-state index in [9.17, 15) is 8.42 Å². The third-order valence-corrected chi connectivity index (χ3v) is 6.37. The molecular weight excluding hydrogens is 330 g/mol. The van der Waals surface area contributed by atoms with Crippen LogP contribution in [0.4, 0.5) is 5.69 Å². The lowest BCUT2D eigenvalue weighted by Crippen LogP contribution is -2.45. The molecule has 128 valence electrons. The first-order valence-corrected chi connectivity index (χ1v) is 9.81. The van der Waals surface area contributed by atoms with Crippen molar-refractivity contribution in [2.24, 2.45) is 0 Å². The molecule has 1 heterocycles. The van der Waals surface area contributed by atoms with Crippen molar-refractivity contribution in [3.63, 3.8) is 0 Å². The molecule has 2 rings (SSSR count).